The number of nitrogens with one attached hydrogen (secondary N) is 3. The molecule has 0 spiro atoms. The molecule has 31 heavy (non-hydrogen) atoms. The minimum Gasteiger partial charge on any atom is -0.364 e. The molecule has 1 aromatic carbocycles. The molecule has 1 aromatic heterocycles. The summed E-state index contributed by atoms with van der Waals surface area (Å²) >= 11 is 0. The second-order valence-electron chi connectivity index (χ2n) is 8.19. The van der Waals surface area contributed by atoms with Crippen molar-refractivity contribution in [2.45, 2.75) is 50.9 Å². The van der Waals surface area contributed by atoms with E-state index in [4.69, 9.17) is 0 Å². The molecule has 5 rings (SSSR count). The Kier molecular flexibility index (Phi) is 5.11. The molecule has 2 fully saturated rings. The molecular formula is C22H24N6O3. The lowest BCUT2D eigenvalue weighted by atomic mass is 10.0. The van der Waals surface area contributed by atoms with Crippen LogP contribution in [0.3, 0.4) is 0 Å². The highest BCUT2D eigenvalue weighted by Crippen LogP contribution is 2.30. The van der Waals surface area contributed by atoms with E-state index in [1.54, 1.807) is 11.0 Å². The first-order chi connectivity index (χ1) is 15.1. The standard InChI is InChI=1S/C22H24N6O3/c29-20-9-7-18(21(30)25-20)28-12-15-13(3-1-4-14(15)22(28)31)11-24-19-8-6-17(26-27-19)16-5-2-10-23-16/h1,3-4,6,8,16,18,23H,2,5,7,9-12H2,(H,24,27)(H,25,29,30). The molecule has 3 aliphatic heterocycles. The van der Waals surface area contributed by atoms with Crippen LogP contribution in [-0.2, 0) is 22.7 Å². The second-order valence-corrected chi connectivity index (χ2v) is 8.19. The Hall–Kier alpha value is -3.33. The zero-order chi connectivity index (χ0) is 21.4. The maximum Gasteiger partial charge on any atom is 0.255 e. The van der Waals surface area contributed by atoms with E-state index in [0.29, 0.717) is 30.9 Å². The first-order valence-electron chi connectivity index (χ1n) is 10.7. The minimum atomic E-state index is -0.610. The average molecular weight is 420 g/mol. The van der Waals surface area contributed by atoms with Gasteiger partial charge in [-0.3, -0.25) is 19.7 Å². The Morgan fingerprint density at radius 1 is 1.10 bits per heavy atom. The van der Waals surface area contributed by atoms with Gasteiger partial charge in [0.25, 0.3) is 5.91 Å². The molecule has 9 heteroatoms. The van der Waals surface area contributed by atoms with Gasteiger partial charge in [-0.1, -0.05) is 12.1 Å². The molecule has 4 heterocycles. The number of carbonyl (C=O) groups is 3. The van der Waals surface area contributed by atoms with Crippen LogP contribution in [0, 0.1) is 0 Å². The topological polar surface area (TPSA) is 116 Å². The van der Waals surface area contributed by atoms with Gasteiger partial charge in [-0.15, -0.1) is 5.10 Å². The number of nitrogens with zero attached hydrogens (tertiary/aromatic N) is 3. The number of piperidine rings is 1. The number of fused-ring (bicyclic) bond motifs is 1. The molecule has 0 saturated carbocycles. The molecule has 2 atom stereocenters. The molecule has 9 nitrogen and oxygen atoms in total. The highest BCUT2D eigenvalue weighted by Gasteiger charge is 2.39. The number of hydrogen-bond acceptors (Lipinski definition) is 7. The Morgan fingerprint density at radius 2 is 2.00 bits per heavy atom. The molecule has 2 unspecified atom stereocenters. The summed E-state index contributed by atoms with van der Waals surface area (Å²) in [7, 11) is 0. The molecule has 0 bridgehead atoms. The lowest BCUT2D eigenvalue weighted by molar-refractivity contribution is -0.136. The van der Waals surface area contributed by atoms with Gasteiger partial charge in [0.05, 0.1) is 11.7 Å². The van der Waals surface area contributed by atoms with Crippen LogP contribution in [0.4, 0.5) is 5.82 Å². The molecule has 3 amide bonds. The van der Waals surface area contributed by atoms with Gasteiger partial charge in [-0.05, 0) is 55.1 Å². The lowest BCUT2D eigenvalue weighted by Crippen LogP contribution is -2.52. The third kappa shape index (κ3) is 3.76. The predicted molar refractivity (Wildman–Crippen MR) is 112 cm³/mol. The minimum absolute atomic E-state index is 0.167. The molecule has 0 aliphatic carbocycles. The number of amides is 3. The van der Waals surface area contributed by atoms with Gasteiger partial charge < -0.3 is 15.5 Å². The smallest absolute Gasteiger partial charge is 0.255 e. The molecule has 3 N–H and O–H groups in total. The summed E-state index contributed by atoms with van der Waals surface area (Å²) in [5, 5.41) is 17.7. The van der Waals surface area contributed by atoms with E-state index in [-0.39, 0.29) is 24.3 Å². The van der Waals surface area contributed by atoms with Crippen LogP contribution in [0.2, 0.25) is 0 Å². The van der Waals surface area contributed by atoms with E-state index < -0.39 is 11.9 Å². The molecule has 160 valence electrons. The maximum absolute atomic E-state index is 12.9. The molecule has 3 aliphatic rings. The fourth-order valence-electron chi connectivity index (χ4n) is 4.56. The van der Waals surface area contributed by atoms with E-state index in [9.17, 15) is 14.4 Å². The van der Waals surface area contributed by atoms with Gasteiger partial charge in [0, 0.05) is 25.1 Å². The fraction of sp³-hybridized carbons (Fsp3) is 0.409. The van der Waals surface area contributed by atoms with Crippen LogP contribution in [0.25, 0.3) is 0 Å². The van der Waals surface area contributed by atoms with Crippen molar-refractivity contribution in [1.82, 2.24) is 25.7 Å². The summed E-state index contributed by atoms with van der Waals surface area (Å²) in [5.41, 5.74) is 3.44. The number of hydrogen-bond donors (Lipinski definition) is 3. The van der Waals surface area contributed by atoms with Crippen LogP contribution in [-0.4, -0.2) is 45.4 Å². The number of imide groups is 1. The highest BCUT2D eigenvalue weighted by atomic mass is 16.2. The van der Waals surface area contributed by atoms with Gasteiger partial charge >= 0.3 is 0 Å². The van der Waals surface area contributed by atoms with Gasteiger partial charge in [0.1, 0.15) is 11.9 Å². The summed E-state index contributed by atoms with van der Waals surface area (Å²) in [5.74, 6) is -0.180. The highest BCUT2D eigenvalue weighted by molar-refractivity contribution is 6.05. The summed E-state index contributed by atoms with van der Waals surface area (Å²) in [6.45, 7) is 1.87. The molecule has 0 radical (unpaired) electrons. The SMILES string of the molecule is O=C1CCC(N2Cc3c(CNc4ccc(C5CCCN5)nn4)cccc3C2=O)C(=O)N1. The van der Waals surface area contributed by atoms with Crippen LogP contribution in [0.5, 0.6) is 0 Å². The lowest BCUT2D eigenvalue weighted by Gasteiger charge is -2.29. The summed E-state index contributed by atoms with van der Waals surface area (Å²) < 4.78 is 0. The fourth-order valence-corrected chi connectivity index (χ4v) is 4.56. The first-order valence-corrected chi connectivity index (χ1v) is 10.7. The van der Waals surface area contributed by atoms with E-state index >= 15 is 0 Å². The van der Waals surface area contributed by atoms with Gasteiger partial charge in [0.2, 0.25) is 11.8 Å². The first kappa shape index (κ1) is 19.6. The molecule has 2 saturated heterocycles. The number of carbonyl (C=O) groups excluding carboxylic acids is 3. The Bertz CT molecular complexity index is 1030. The van der Waals surface area contributed by atoms with Crippen molar-refractivity contribution in [2.24, 2.45) is 0 Å². The Morgan fingerprint density at radius 3 is 2.74 bits per heavy atom. The maximum atomic E-state index is 12.9. The predicted octanol–water partition coefficient (Wildman–Crippen LogP) is 1.27. The summed E-state index contributed by atoms with van der Waals surface area (Å²) in [4.78, 5) is 38.2. The molecular weight excluding hydrogens is 396 g/mol. The van der Waals surface area contributed by atoms with E-state index in [2.05, 4.69) is 26.1 Å². The van der Waals surface area contributed by atoms with Crippen LogP contribution in [0.15, 0.2) is 30.3 Å². The van der Waals surface area contributed by atoms with Crippen molar-refractivity contribution in [1.29, 1.82) is 0 Å². The quantitative estimate of drug-likeness (QED) is 0.624. The third-order valence-corrected chi connectivity index (χ3v) is 6.24. The van der Waals surface area contributed by atoms with Crippen molar-refractivity contribution < 1.29 is 14.4 Å². The van der Waals surface area contributed by atoms with Gasteiger partial charge in [-0.2, -0.15) is 5.10 Å². The molecule has 2 aromatic rings. The largest absolute Gasteiger partial charge is 0.364 e. The third-order valence-electron chi connectivity index (χ3n) is 6.24. The summed E-state index contributed by atoms with van der Waals surface area (Å²) in [6, 6.07) is 9.19. The Labute approximate surface area is 179 Å². The van der Waals surface area contributed by atoms with E-state index in [1.807, 2.05) is 24.3 Å². The van der Waals surface area contributed by atoms with E-state index in [0.717, 1.165) is 36.2 Å². The van der Waals surface area contributed by atoms with Crippen molar-refractivity contribution in [3.63, 3.8) is 0 Å². The normalized spacial score (nSPS) is 23.1. The van der Waals surface area contributed by atoms with Crippen molar-refractivity contribution >= 4 is 23.5 Å². The van der Waals surface area contributed by atoms with Crippen molar-refractivity contribution in [3.05, 3.63) is 52.7 Å². The Balaban J connectivity index is 1.28. The van der Waals surface area contributed by atoms with E-state index in [1.165, 1.54) is 0 Å². The number of aromatic nitrogens is 2. The average Bonchev–Trinajstić information content (AvgIpc) is 3.42. The second kappa shape index (κ2) is 8.07. The summed E-state index contributed by atoms with van der Waals surface area (Å²) in [6.07, 6.45) is 2.83. The number of benzene rings is 1. The van der Waals surface area contributed by atoms with Crippen LogP contribution < -0.4 is 16.0 Å². The van der Waals surface area contributed by atoms with Gasteiger partial charge in [0.15, 0.2) is 0 Å². The zero-order valence-electron chi connectivity index (χ0n) is 17.1. The van der Waals surface area contributed by atoms with Crippen LogP contribution >= 0.6 is 0 Å². The monoisotopic (exact) mass is 420 g/mol. The number of rotatable bonds is 5. The van der Waals surface area contributed by atoms with Crippen molar-refractivity contribution in [2.75, 3.05) is 11.9 Å². The van der Waals surface area contributed by atoms with Crippen molar-refractivity contribution in [3.8, 4) is 0 Å². The zero-order valence-corrected chi connectivity index (χ0v) is 17.1. The van der Waals surface area contributed by atoms with Crippen LogP contribution in [0.1, 0.15) is 58.9 Å². The number of anilines is 1. The van der Waals surface area contributed by atoms with Gasteiger partial charge in [-0.25, -0.2) is 0 Å².